The molecule has 0 fully saturated rings. The summed E-state index contributed by atoms with van der Waals surface area (Å²) in [7, 11) is 5.96. The Hall–Kier alpha value is -2.30. The SMILES string of the molecule is CCCC(NC(=O)Cc1ccc(N(C)C)cc1)c1nccn1C. The zero-order valence-corrected chi connectivity index (χ0v) is 14.4. The van der Waals surface area contributed by atoms with Gasteiger partial charge in [-0.1, -0.05) is 25.5 Å². The summed E-state index contributed by atoms with van der Waals surface area (Å²) in [4.78, 5) is 18.8. The van der Waals surface area contributed by atoms with Gasteiger partial charge in [0.25, 0.3) is 0 Å². The Bertz CT molecular complexity index is 631. The maximum absolute atomic E-state index is 12.4. The summed E-state index contributed by atoms with van der Waals surface area (Å²) < 4.78 is 1.96. The van der Waals surface area contributed by atoms with Gasteiger partial charge in [0.2, 0.25) is 5.91 Å². The lowest BCUT2D eigenvalue weighted by molar-refractivity contribution is -0.121. The second-order valence-corrected chi connectivity index (χ2v) is 6.04. The third kappa shape index (κ3) is 4.58. The van der Waals surface area contributed by atoms with Crippen LogP contribution in [0.5, 0.6) is 0 Å². The van der Waals surface area contributed by atoms with Gasteiger partial charge in [-0.2, -0.15) is 0 Å². The second kappa shape index (κ2) is 7.81. The van der Waals surface area contributed by atoms with E-state index in [4.69, 9.17) is 0 Å². The highest BCUT2D eigenvalue weighted by atomic mass is 16.1. The summed E-state index contributed by atoms with van der Waals surface area (Å²) >= 11 is 0. The van der Waals surface area contributed by atoms with E-state index in [2.05, 4.69) is 17.2 Å². The Labute approximate surface area is 138 Å². The molecule has 1 N–H and O–H groups in total. The van der Waals surface area contributed by atoms with Crippen LogP contribution in [0.2, 0.25) is 0 Å². The van der Waals surface area contributed by atoms with Crippen LogP contribution in [0.25, 0.3) is 0 Å². The number of hydrogen-bond acceptors (Lipinski definition) is 3. The Morgan fingerprint density at radius 1 is 1.30 bits per heavy atom. The van der Waals surface area contributed by atoms with E-state index in [1.54, 1.807) is 6.20 Å². The van der Waals surface area contributed by atoms with Gasteiger partial charge in [0.1, 0.15) is 5.82 Å². The van der Waals surface area contributed by atoms with E-state index in [1.165, 1.54) is 0 Å². The standard InChI is InChI=1S/C18H26N4O/c1-5-6-16(18-19-11-12-22(18)4)20-17(23)13-14-7-9-15(10-8-14)21(2)3/h7-12,16H,5-6,13H2,1-4H3,(H,20,23). The highest BCUT2D eigenvalue weighted by molar-refractivity contribution is 5.79. The minimum Gasteiger partial charge on any atom is -0.378 e. The molecule has 124 valence electrons. The summed E-state index contributed by atoms with van der Waals surface area (Å²) in [5.41, 5.74) is 2.15. The van der Waals surface area contributed by atoms with Crippen molar-refractivity contribution in [3.05, 3.63) is 48.0 Å². The second-order valence-electron chi connectivity index (χ2n) is 6.04. The summed E-state index contributed by atoms with van der Waals surface area (Å²) in [6.45, 7) is 2.11. The molecule has 0 radical (unpaired) electrons. The number of aromatic nitrogens is 2. The number of anilines is 1. The van der Waals surface area contributed by atoms with E-state index in [9.17, 15) is 4.79 Å². The van der Waals surface area contributed by atoms with Crippen LogP contribution >= 0.6 is 0 Å². The topological polar surface area (TPSA) is 50.2 Å². The highest BCUT2D eigenvalue weighted by Crippen LogP contribution is 2.17. The average molecular weight is 314 g/mol. The summed E-state index contributed by atoms with van der Waals surface area (Å²) in [5, 5.41) is 3.11. The molecule has 1 amide bonds. The fourth-order valence-electron chi connectivity index (χ4n) is 2.61. The van der Waals surface area contributed by atoms with Crippen LogP contribution in [0.3, 0.4) is 0 Å². The Balaban J connectivity index is 2.00. The first-order valence-corrected chi connectivity index (χ1v) is 8.04. The van der Waals surface area contributed by atoms with Crippen molar-refractivity contribution in [3.63, 3.8) is 0 Å². The molecule has 1 unspecified atom stereocenters. The third-order valence-electron chi connectivity index (χ3n) is 3.90. The number of aryl methyl sites for hydroxylation is 1. The number of benzene rings is 1. The number of carbonyl (C=O) groups excluding carboxylic acids is 1. The molecule has 0 aliphatic heterocycles. The molecule has 5 heteroatoms. The van der Waals surface area contributed by atoms with Gasteiger partial charge in [0.15, 0.2) is 0 Å². The lowest BCUT2D eigenvalue weighted by Gasteiger charge is -2.18. The van der Waals surface area contributed by atoms with Gasteiger partial charge < -0.3 is 14.8 Å². The Morgan fingerprint density at radius 3 is 2.52 bits per heavy atom. The molecule has 0 saturated carbocycles. The number of nitrogens with one attached hydrogen (secondary N) is 1. The monoisotopic (exact) mass is 314 g/mol. The van der Waals surface area contributed by atoms with Crippen molar-refractivity contribution >= 4 is 11.6 Å². The largest absolute Gasteiger partial charge is 0.378 e. The van der Waals surface area contributed by atoms with Crippen LogP contribution in [0.1, 0.15) is 37.2 Å². The van der Waals surface area contributed by atoms with Crippen molar-refractivity contribution in [1.29, 1.82) is 0 Å². The quantitative estimate of drug-likeness (QED) is 0.855. The maximum atomic E-state index is 12.4. The van der Waals surface area contributed by atoms with Gasteiger partial charge in [0.05, 0.1) is 12.5 Å². The lowest BCUT2D eigenvalue weighted by atomic mass is 10.1. The van der Waals surface area contributed by atoms with Gasteiger partial charge in [0, 0.05) is 39.2 Å². The first-order chi connectivity index (χ1) is 11.0. The van der Waals surface area contributed by atoms with Crippen LogP contribution < -0.4 is 10.2 Å². The van der Waals surface area contributed by atoms with Crippen LogP contribution in [-0.4, -0.2) is 29.6 Å². The van der Waals surface area contributed by atoms with Gasteiger partial charge in [-0.3, -0.25) is 4.79 Å². The number of imidazole rings is 1. The van der Waals surface area contributed by atoms with Gasteiger partial charge in [-0.25, -0.2) is 4.98 Å². The van der Waals surface area contributed by atoms with E-state index in [1.807, 2.05) is 61.1 Å². The molecule has 0 bridgehead atoms. The number of nitrogens with zero attached hydrogens (tertiary/aromatic N) is 3. The zero-order valence-electron chi connectivity index (χ0n) is 14.4. The van der Waals surface area contributed by atoms with E-state index in [0.717, 1.165) is 29.9 Å². The molecular weight excluding hydrogens is 288 g/mol. The van der Waals surface area contributed by atoms with E-state index in [0.29, 0.717) is 6.42 Å². The van der Waals surface area contributed by atoms with Gasteiger partial charge >= 0.3 is 0 Å². The maximum Gasteiger partial charge on any atom is 0.225 e. The van der Waals surface area contributed by atoms with E-state index >= 15 is 0 Å². The average Bonchev–Trinajstić information content (AvgIpc) is 2.93. The molecule has 23 heavy (non-hydrogen) atoms. The third-order valence-corrected chi connectivity index (χ3v) is 3.90. The van der Waals surface area contributed by atoms with E-state index in [-0.39, 0.29) is 11.9 Å². The number of hydrogen-bond donors (Lipinski definition) is 1. The summed E-state index contributed by atoms with van der Waals surface area (Å²) in [5.74, 6) is 0.937. The van der Waals surface area contributed by atoms with Crippen LogP contribution in [-0.2, 0) is 18.3 Å². The number of rotatable bonds is 7. The molecule has 1 atom stereocenters. The molecule has 1 heterocycles. The van der Waals surface area contributed by atoms with E-state index < -0.39 is 0 Å². The molecule has 0 spiro atoms. The molecule has 2 rings (SSSR count). The molecular formula is C18H26N4O. The molecule has 0 saturated heterocycles. The Kier molecular flexibility index (Phi) is 5.79. The van der Waals surface area contributed by atoms with Crippen molar-refractivity contribution < 1.29 is 4.79 Å². The predicted octanol–water partition coefficient (Wildman–Crippen LogP) is 2.69. The zero-order chi connectivity index (χ0) is 16.8. The first-order valence-electron chi connectivity index (χ1n) is 8.04. The minimum atomic E-state index is -0.0338. The lowest BCUT2D eigenvalue weighted by Crippen LogP contribution is -2.31. The van der Waals surface area contributed by atoms with Crippen molar-refractivity contribution in [2.75, 3.05) is 19.0 Å². The highest BCUT2D eigenvalue weighted by Gasteiger charge is 2.17. The number of carbonyl (C=O) groups is 1. The van der Waals surface area contributed by atoms with Crippen LogP contribution in [0.4, 0.5) is 5.69 Å². The molecule has 2 aromatic rings. The summed E-state index contributed by atoms with van der Waals surface area (Å²) in [6, 6.07) is 8.04. The van der Waals surface area contributed by atoms with Crippen LogP contribution in [0.15, 0.2) is 36.7 Å². The Morgan fingerprint density at radius 2 is 2.00 bits per heavy atom. The fraction of sp³-hybridized carbons (Fsp3) is 0.444. The molecule has 1 aromatic carbocycles. The van der Waals surface area contributed by atoms with Crippen molar-refractivity contribution in [3.8, 4) is 0 Å². The minimum absolute atomic E-state index is 0.0315. The van der Waals surface area contributed by atoms with Crippen LogP contribution in [0, 0.1) is 0 Å². The van der Waals surface area contributed by atoms with Crippen molar-refractivity contribution in [1.82, 2.24) is 14.9 Å². The first kappa shape index (κ1) is 17.1. The summed E-state index contributed by atoms with van der Waals surface area (Å²) in [6.07, 6.45) is 5.94. The van der Waals surface area contributed by atoms with Crippen molar-refractivity contribution in [2.24, 2.45) is 7.05 Å². The smallest absolute Gasteiger partial charge is 0.225 e. The molecule has 5 nitrogen and oxygen atoms in total. The van der Waals surface area contributed by atoms with Gasteiger partial charge in [-0.05, 0) is 24.1 Å². The molecule has 0 aliphatic rings. The van der Waals surface area contributed by atoms with Gasteiger partial charge in [-0.15, -0.1) is 0 Å². The fourth-order valence-corrected chi connectivity index (χ4v) is 2.61. The van der Waals surface area contributed by atoms with Crippen molar-refractivity contribution in [2.45, 2.75) is 32.2 Å². The number of amides is 1. The predicted molar refractivity (Wildman–Crippen MR) is 93.5 cm³/mol. The molecule has 1 aromatic heterocycles. The normalized spacial score (nSPS) is 12.0. The molecule has 0 aliphatic carbocycles.